The molecule has 0 aromatic heterocycles. The van der Waals surface area contributed by atoms with Crippen molar-refractivity contribution in [3.63, 3.8) is 0 Å². The fraction of sp³-hybridized carbons (Fsp3) is 0.300. The molecule has 15 heavy (non-hydrogen) atoms. The Hall–Kier alpha value is -1.78. The number of hydrogen-bond donors (Lipinski definition) is 2. The number of halogens is 1. The van der Waals surface area contributed by atoms with E-state index in [0.29, 0.717) is 5.96 Å². The zero-order valence-electron chi connectivity index (χ0n) is 9.08. The van der Waals surface area contributed by atoms with E-state index in [2.05, 4.69) is 15.8 Å². The van der Waals surface area contributed by atoms with Gasteiger partial charge in [-0.3, -0.25) is 0 Å². The van der Waals surface area contributed by atoms with Crippen LogP contribution >= 0.6 is 0 Å². The summed E-state index contributed by atoms with van der Waals surface area (Å²) in [6.07, 6.45) is 0. The second kappa shape index (κ2) is 5.19. The van der Waals surface area contributed by atoms with Gasteiger partial charge in [-0.2, -0.15) is 0 Å². The standard InChI is InChI=1S/C10H15FN4/c1-12-10(14-13-2)15(3)9-6-4-8(11)5-7-9/h4-7,13H,1-3H3,(H,12,14). The minimum atomic E-state index is -0.247. The number of rotatable bonds is 2. The van der Waals surface area contributed by atoms with E-state index in [0.717, 1.165) is 5.69 Å². The summed E-state index contributed by atoms with van der Waals surface area (Å²) in [7, 11) is 5.34. The number of benzene rings is 1. The van der Waals surface area contributed by atoms with Gasteiger partial charge >= 0.3 is 0 Å². The van der Waals surface area contributed by atoms with Crippen LogP contribution in [0, 0.1) is 5.82 Å². The average molecular weight is 210 g/mol. The number of nitrogens with one attached hydrogen (secondary N) is 2. The molecule has 2 N–H and O–H groups in total. The molecule has 0 spiro atoms. The van der Waals surface area contributed by atoms with Gasteiger partial charge in [0.1, 0.15) is 5.82 Å². The van der Waals surface area contributed by atoms with Gasteiger partial charge < -0.3 is 15.6 Å². The van der Waals surface area contributed by atoms with E-state index in [1.807, 2.05) is 11.9 Å². The van der Waals surface area contributed by atoms with Gasteiger partial charge in [-0.1, -0.05) is 0 Å². The fourth-order valence-electron chi connectivity index (χ4n) is 1.19. The maximum Gasteiger partial charge on any atom is 0.220 e. The Bertz CT molecular complexity index is 334. The molecule has 0 aliphatic carbocycles. The molecule has 0 fully saturated rings. The lowest BCUT2D eigenvalue weighted by molar-refractivity contribution is 0.628. The van der Waals surface area contributed by atoms with E-state index in [4.69, 9.17) is 0 Å². The third-order valence-corrected chi connectivity index (χ3v) is 1.97. The molecule has 1 rings (SSSR count). The van der Waals surface area contributed by atoms with Gasteiger partial charge in [-0.05, 0) is 24.3 Å². The van der Waals surface area contributed by atoms with Gasteiger partial charge in [0.2, 0.25) is 5.96 Å². The largest absolute Gasteiger partial charge is 0.358 e. The summed E-state index contributed by atoms with van der Waals surface area (Å²) >= 11 is 0. The number of guanidine groups is 1. The molecule has 0 saturated carbocycles. The molecule has 0 aliphatic heterocycles. The van der Waals surface area contributed by atoms with Crippen LogP contribution in [0.2, 0.25) is 0 Å². The second-order valence-corrected chi connectivity index (χ2v) is 2.94. The Labute approximate surface area is 88.8 Å². The van der Waals surface area contributed by atoms with E-state index in [1.54, 1.807) is 26.2 Å². The van der Waals surface area contributed by atoms with Crippen molar-refractivity contribution in [2.75, 3.05) is 26.0 Å². The number of nitrogens with zero attached hydrogens (tertiary/aromatic N) is 2. The van der Waals surface area contributed by atoms with Crippen LogP contribution in [-0.2, 0) is 0 Å². The topological polar surface area (TPSA) is 39.7 Å². The summed E-state index contributed by atoms with van der Waals surface area (Å²) in [6, 6.07) is 6.21. The molecular formula is C10H15FN4. The van der Waals surface area contributed by atoms with Gasteiger partial charge in [0.15, 0.2) is 0 Å². The highest BCUT2D eigenvalue weighted by molar-refractivity contribution is 5.95. The van der Waals surface area contributed by atoms with Gasteiger partial charge in [0.05, 0.1) is 0 Å². The lowest BCUT2D eigenvalue weighted by Crippen LogP contribution is -2.37. The van der Waals surface area contributed by atoms with Crippen LogP contribution in [0.1, 0.15) is 0 Å². The molecule has 0 saturated heterocycles. The Morgan fingerprint density at radius 3 is 2.33 bits per heavy atom. The summed E-state index contributed by atoms with van der Waals surface area (Å²) in [5.74, 6) is 0.410. The third-order valence-electron chi connectivity index (χ3n) is 1.97. The van der Waals surface area contributed by atoms with E-state index >= 15 is 0 Å². The minimum Gasteiger partial charge on any atom is -0.358 e. The highest BCUT2D eigenvalue weighted by Crippen LogP contribution is 2.12. The maximum absolute atomic E-state index is 12.7. The highest BCUT2D eigenvalue weighted by atomic mass is 19.1. The molecule has 0 bridgehead atoms. The smallest absolute Gasteiger partial charge is 0.220 e. The van der Waals surface area contributed by atoms with Crippen molar-refractivity contribution < 1.29 is 4.39 Å². The van der Waals surface area contributed by atoms with Crippen molar-refractivity contribution >= 4 is 11.6 Å². The predicted molar refractivity (Wildman–Crippen MR) is 60.4 cm³/mol. The van der Waals surface area contributed by atoms with Crippen molar-refractivity contribution in [3.8, 4) is 0 Å². The number of hydrazone groups is 1. The van der Waals surface area contributed by atoms with Crippen LogP contribution in [-0.4, -0.2) is 27.1 Å². The van der Waals surface area contributed by atoms with Crippen LogP contribution in [0.3, 0.4) is 0 Å². The molecule has 1 aromatic rings. The monoisotopic (exact) mass is 210 g/mol. The number of anilines is 1. The molecule has 0 radical (unpaired) electrons. The summed E-state index contributed by atoms with van der Waals surface area (Å²) in [5, 5.41) is 6.96. The first-order chi connectivity index (χ1) is 7.19. The average Bonchev–Trinajstić information content (AvgIpc) is 2.26. The van der Waals surface area contributed by atoms with Gasteiger partial charge in [0.25, 0.3) is 0 Å². The molecule has 4 nitrogen and oxygen atoms in total. The first-order valence-electron chi connectivity index (χ1n) is 4.60. The normalized spacial score (nSPS) is 11.1. The third kappa shape index (κ3) is 2.83. The quantitative estimate of drug-likeness (QED) is 0.434. The summed E-state index contributed by atoms with van der Waals surface area (Å²) in [6.45, 7) is 0. The number of hydrogen-bond acceptors (Lipinski definition) is 2. The Morgan fingerprint density at radius 1 is 1.27 bits per heavy atom. The highest BCUT2D eigenvalue weighted by Gasteiger charge is 2.06. The first-order valence-corrected chi connectivity index (χ1v) is 4.60. The van der Waals surface area contributed by atoms with Crippen molar-refractivity contribution in [1.82, 2.24) is 10.7 Å². The summed E-state index contributed by atoms with van der Waals surface area (Å²) < 4.78 is 12.7. The predicted octanol–water partition coefficient (Wildman–Crippen LogP) is 0.972. The maximum atomic E-state index is 12.7. The SMILES string of the molecule is CNN=C(NC)N(C)c1ccc(F)cc1. The molecule has 0 amide bonds. The lowest BCUT2D eigenvalue weighted by Gasteiger charge is -2.20. The van der Waals surface area contributed by atoms with Crippen molar-refractivity contribution in [3.05, 3.63) is 30.1 Å². The minimum absolute atomic E-state index is 0.247. The summed E-state index contributed by atoms with van der Waals surface area (Å²) in [5.41, 5.74) is 3.55. The van der Waals surface area contributed by atoms with Crippen LogP contribution in [0.25, 0.3) is 0 Å². The molecule has 5 heteroatoms. The van der Waals surface area contributed by atoms with Crippen LogP contribution in [0.5, 0.6) is 0 Å². The second-order valence-electron chi connectivity index (χ2n) is 2.94. The first kappa shape index (κ1) is 11.3. The zero-order chi connectivity index (χ0) is 11.3. The van der Waals surface area contributed by atoms with Crippen LogP contribution in [0.15, 0.2) is 29.4 Å². The van der Waals surface area contributed by atoms with E-state index in [9.17, 15) is 4.39 Å². The Morgan fingerprint density at radius 2 is 1.87 bits per heavy atom. The van der Waals surface area contributed by atoms with Crippen molar-refractivity contribution in [1.29, 1.82) is 0 Å². The van der Waals surface area contributed by atoms with E-state index in [-0.39, 0.29) is 5.82 Å². The molecule has 82 valence electrons. The van der Waals surface area contributed by atoms with Gasteiger partial charge in [0, 0.05) is 26.8 Å². The van der Waals surface area contributed by atoms with E-state index < -0.39 is 0 Å². The Kier molecular flexibility index (Phi) is 3.91. The van der Waals surface area contributed by atoms with Crippen molar-refractivity contribution in [2.24, 2.45) is 5.10 Å². The molecule has 0 heterocycles. The van der Waals surface area contributed by atoms with Gasteiger partial charge in [-0.25, -0.2) is 4.39 Å². The zero-order valence-corrected chi connectivity index (χ0v) is 9.08. The van der Waals surface area contributed by atoms with Crippen LogP contribution < -0.4 is 15.6 Å². The van der Waals surface area contributed by atoms with Crippen molar-refractivity contribution in [2.45, 2.75) is 0 Å². The lowest BCUT2D eigenvalue weighted by atomic mass is 10.3. The molecular weight excluding hydrogens is 195 g/mol. The summed E-state index contributed by atoms with van der Waals surface area (Å²) in [4.78, 5) is 1.82. The molecule has 0 aliphatic rings. The molecule has 0 unspecified atom stereocenters. The molecule has 1 aromatic carbocycles. The van der Waals surface area contributed by atoms with Crippen LogP contribution in [0.4, 0.5) is 10.1 Å². The van der Waals surface area contributed by atoms with E-state index in [1.165, 1.54) is 12.1 Å². The van der Waals surface area contributed by atoms with Gasteiger partial charge in [-0.15, -0.1) is 5.10 Å². The molecule has 0 atom stereocenters. The fourth-order valence-corrected chi connectivity index (χ4v) is 1.19. The Balaban J connectivity index is 2.87.